The van der Waals surface area contributed by atoms with Crippen molar-refractivity contribution in [1.82, 2.24) is 14.9 Å². The van der Waals surface area contributed by atoms with E-state index in [2.05, 4.69) is 15.6 Å². The van der Waals surface area contributed by atoms with E-state index < -0.39 is 0 Å². The molecule has 0 unspecified atom stereocenters. The number of carbonyl (C=O) groups excluding carboxylic acids is 2. The Bertz CT molecular complexity index is 1030. The van der Waals surface area contributed by atoms with Crippen LogP contribution < -0.4 is 10.6 Å². The molecule has 2 N–H and O–H groups in total. The van der Waals surface area contributed by atoms with Gasteiger partial charge in [-0.05, 0) is 30.7 Å². The number of amides is 2. The number of carbonyl (C=O) groups is 2. The summed E-state index contributed by atoms with van der Waals surface area (Å²) < 4.78 is 1.89. The number of fused-ring (bicyclic) bond motifs is 1. The summed E-state index contributed by atoms with van der Waals surface area (Å²) >= 11 is 1.49. The molecule has 0 aliphatic carbocycles. The molecular weight excluding hydrogens is 372 g/mol. The van der Waals surface area contributed by atoms with Crippen LogP contribution in [0, 0.1) is 0 Å². The molecule has 4 rings (SSSR count). The van der Waals surface area contributed by atoms with E-state index in [0.29, 0.717) is 11.3 Å². The highest BCUT2D eigenvalue weighted by Crippen LogP contribution is 2.36. The highest BCUT2D eigenvalue weighted by Gasteiger charge is 2.25. The lowest BCUT2D eigenvalue weighted by Crippen LogP contribution is -2.31. The van der Waals surface area contributed by atoms with Crippen LogP contribution in [0.25, 0.3) is 0 Å². The Balaban J connectivity index is 1.63. The fourth-order valence-electron chi connectivity index (χ4n) is 3.16. The zero-order chi connectivity index (χ0) is 19.7. The first kappa shape index (κ1) is 18.3. The van der Waals surface area contributed by atoms with Gasteiger partial charge in [0.1, 0.15) is 11.9 Å². The second-order valence-electron chi connectivity index (χ2n) is 6.67. The van der Waals surface area contributed by atoms with Crippen molar-refractivity contribution in [2.45, 2.75) is 23.1 Å². The van der Waals surface area contributed by atoms with Crippen molar-refractivity contribution in [3.05, 3.63) is 77.9 Å². The maximum absolute atomic E-state index is 13.0. The molecule has 0 saturated heterocycles. The fraction of sp³-hybridized carbons (Fsp3) is 0.190. The summed E-state index contributed by atoms with van der Waals surface area (Å²) in [4.78, 5) is 30.3. The maximum atomic E-state index is 13.0. The van der Waals surface area contributed by atoms with Gasteiger partial charge in [-0.25, -0.2) is 4.98 Å². The first-order chi connectivity index (χ1) is 13.5. The number of hydrogen-bond donors (Lipinski definition) is 2. The highest BCUT2D eigenvalue weighted by atomic mass is 32.2. The summed E-state index contributed by atoms with van der Waals surface area (Å²) in [6.07, 6.45) is 3.56. The predicted octanol–water partition coefficient (Wildman–Crippen LogP) is 3.37. The van der Waals surface area contributed by atoms with Crippen molar-refractivity contribution >= 4 is 29.3 Å². The number of aryl methyl sites for hydroxylation is 1. The Hall–Kier alpha value is -3.06. The van der Waals surface area contributed by atoms with Crippen molar-refractivity contribution in [3.8, 4) is 0 Å². The van der Waals surface area contributed by atoms with Crippen LogP contribution in [0.3, 0.4) is 0 Å². The van der Waals surface area contributed by atoms with E-state index in [9.17, 15) is 9.59 Å². The van der Waals surface area contributed by atoms with Crippen molar-refractivity contribution in [1.29, 1.82) is 0 Å². The van der Waals surface area contributed by atoms with Crippen molar-refractivity contribution in [3.63, 3.8) is 0 Å². The van der Waals surface area contributed by atoms with E-state index in [1.165, 1.54) is 11.8 Å². The van der Waals surface area contributed by atoms with Crippen LogP contribution in [0.5, 0.6) is 0 Å². The molecule has 1 aliphatic heterocycles. The molecule has 7 heteroatoms. The van der Waals surface area contributed by atoms with Crippen LogP contribution >= 0.6 is 11.8 Å². The summed E-state index contributed by atoms with van der Waals surface area (Å²) in [7, 11) is 1.90. The lowest BCUT2D eigenvalue weighted by Gasteiger charge is -2.23. The van der Waals surface area contributed by atoms with Gasteiger partial charge in [0.2, 0.25) is 5.91 Å². The number of aromatic nitrogens is 2. The van der Waals surface area contributed by atoms with Gasteiger partial charge in [-0.3, -0.25) is 9.59 Å². The van der Waals surface area contributed by atoms with E-state index in [4.69, 9.17) is 0 Å². The molecule has 2 atom stereocenters. The zero-order valence-electron chi connectivity index (χ0n) is 15.5. The Labute approximate surface area is 167 Å². The highest BCUT2D eigenvalue weighted by molar-refractivity contribution is 8.00. The van der Waals surface area contributed by atoms with Gasteiger partial charge in [-0.2, -0.15) is 0 Å². The SMILES string of the molecule is C[C@@H]1Sc2ccc(C(=O)N[C@@H](c3ccccc3)c3nccn3C)cc2NC1=O. The molecule has 1 aromatic heterocycles. The number of rotatable bonds is 4. The quantitative estimate of drug-likeness (QED) is 0.714. The second kappa shape index (κ2) is 7.52. The first-order valence-corrected chi connectivity index (χ1v) is 9.85. The molecule has 0 bridgehead atoms. The predicted molar refractivity (Wildman–Crippen MR) is 109 cm³/mol. The zero-order valence-corrected chi connectivity index (χ0v) is 16.4. The molecule has 28 heavy (non-hydrogen) atoms. The Morgan fingerprint density at radius 3 is 2.75 bits per heavy atom. The number of nitrogens with zero attached hydrogens (tertiary/aromatic N) is 2. The number of benzene rings is 2. The molecule has 0 saturated carbocycles. The van der Waals surface area contributed by atoms with E-state index >= 15 is 0 Å². The molecular formula is C21H20N4O2S. The van der Waals surface area contributed by atoms with Gasteiger partial charge in [-0.15, -0.1) is 11.8 Å². The van der Waals surface area contributed by atoms with Gasteiger partial charge in [-0.1, -0.05) is 30.3 Å². The third-order valence-electron chi connectivity index (χ3n) is 4.70. The van der Waals surface area contributed by atoms with E-state index in [-0.39, 0.29) is 23.1 Å². The van der Waals surface area contributed by atoms with Gasteiger partial charge in [0.05, 0.1) is 10.9 Å². The second-order valence-corrected chi connectivity index (χ2v) is 8.06. The minimum absolute atomic E-state index is 0.0507. The molecule has 0 radical (unpaired) electrons. The number of hydrogen-bond acceptors (Lipinski definition) is 4. The monoisotopic (exact) mass is 392 g/mol. The largest absolute Gasteiger partial charge is 0.338 e. The minimum atomic E-state index is -0.381. The van der Waals surface area contributed by atoms with Crippen molar-refractivity contribution in [2.75, 3.05) is 5.32 Å². The summed E-state index contributed by atoms with van der Waals surface area (Å²) in [5, 5.41) is 5.81. The third-order valence-corrected chi connectivity index (χ3v) is 5.88. The molecule has 0 fully saturated rings. The summed E-state index contributed by atoms with van der Waals surface area (Å²) in [5.41, 5.74) is 2.11. The summed E-state index contributed by atoms with van der Waals surface area (Å²) in [5.74, 6) is 0.470. The number of imidazole rings is 1. The maximum Gasteiger partial charge on any atom is 0.252 e. The molecule has 142 valence electrons. The molecule has 1 aliphatic rings. The van der Waals surface area contributed by atoms with Crippen LogP contribution in [0.1, 0.15) is 34.7 Å². The van der Waals surface area contributed by atoms with Crippen LogP contribution in [-0.4, -0.2) is 26.6 Å². The van der Waals surface area contributed by atoms with E-state index in [0.717, 1.165) is 16.3 Å². The van der Waals surface area contributed by atoms with E-state index in [1.54, 1.807) is 18.3 Å². The normalized spacial score (nSPS) is 16.8. The Morgan fingerprint density at radius 1 is 1.25 bits per heavy atom. The molecule has 2 heterocycles. The van der Waals surface area contributed by atoms with Gasteiger partial charge in [0.15, 0.2) is 0 Å². The molecule has 6 nitrogen and oxygen atoms in total. The Morgan fingerprint density at radius 2 is 2.04 bits per heavy atom. The van der Waals surface area contributed by atoms with Gasteiger partial charge in [0, 0.05) is 29.9 Å². The van der Waals surface area contributed by atoms with Crippen LogP contribution in [-0.2, 0) is 11.8 Å². The average molecular weight is 392 g/mol. The topological polar surface area (TPSA) is 76.0 Å². The lowest BCUT2D eigenvalue weighted by atomic mass is 10.1. The van der Waals surface area contributed by atoms with Crippen LogP contribution in [0.2, 0.25) is 0 Å². The molecule has 0 spiro atoms. The first-order valence-electron chi connectivity index (χ1n) is 8.97. The Kier molecular flexibility index (Phi) is 4.92. The van der Waals surface area contributed by atoms with Gasteiger partial charge < -0.3 is 15.2 Å². The number of thioether (sulfide) groups is 1. The lowest BCUT2D eigenvalue weighted by molar-refractivity contribution is -0.115. The summed E-state index contributed by atoms with van der Waals surface area (Å²) in [6, 6.07) is 14.7. The summed E-state index contributed by atoms with van der Waals surface area (Å²) in [6.45, 7) is 1.86. The van der Waals surface area contributed by atoms with Crippen molar-refractivity contribution in [2.24, 2.45) is 7.05 Å². The van der Waals surface area contributed by atoms with Gasteiger partial charge >= 0.3 is 0 Å². The molecule has 2 aromatic carbocycles. The molecule has 3 aromatic rings. The van der Waals surface area contributed by atoms with E-state index in [1.807, 2.05) is 61.1 Å². The number of nitrogens with one attached hydrogen (secondary N) is 2. The number of anilines is 1. The van der Waals surface area contributed by atoms with Gasteiger partial charge in [0.25, 0.3) is 5.91 Å². The average Bonchev–Trinajstić information content (AvgIpc) is 3.13. The smallest absolute Gasteiger partial charge is 0.252 e. The van der Waals surface area contributed by atoms with Crippen LogP contribution in [0.4, 0.5) is 5.69 Å². The van der Waals surface area contributed by atoms with Crippen LogP contribution in [0.15, 0.2) is 65.8 Å². The van der Waals surface area contributed by atoms with Crippen molar-refractivity contribution < 1.29 is 9.59 Å². The third kappa shape index (κ3) is 3.53. The molecule has 2 amide bonds. The fourth-order valence-corrected chi connectivity index (χ4v) is 4.09. The minimum Gasteiger partial charge on any atom is -0.338 e. The standard InChI is InChI=1S/C21H20N4O2S/c1-13-20(26)23-16-12-15(8-9-17(16)28-13)21(27)24-18(14-6-4-3-5-7-14)19-22-10-11-25(19)2/h3-13,18H,1-2H3,(H,23,26)(H,24,27)/t13-,18-/m0/s1.